The van der Waals surface area contributed by atoms with Crippen LogP contribution < -0.4 is 15.0 Å². The van der Waals surface area contributed by atoms with Gasteiger partial charge in [0, 0.05) is 50.1 Å². The van der Waals surface area contributed by atoms with Crippen molar-refractivity contribution in [3.05, 3.63) is 54.4 Å². The topological polar surface area (TPSA) is 157 Å². The third kappa shape index (κ3) is 7.69. The molecule has 1 amide bonds. The maximum atomic E-state index is 14.8. The number of carbonyl (C=O) groups excluding carboxylic acids is 1. The number of carbonyl (C=O) groups is 1. The number of nitrogens with zero attached hydrogens (tertiary/aromatic N) is 6. The Labute approximate surface area is 247 Å². The van der Waals surface area contributed by atoms with Crippen LogP contribution in [0.2, 0.25) is 0 Å². The normalized spacial score (nSPS) is 18.5. The molecule has 228 valence electrons. The largest absolute Gasteiger partial charge is 0.483 e. The van der Waals surface area contributed by atoms with E-state index >= 15 is 0 Å². The van der Waals surface area contributed by atoms with Gasteiger partial charge in [-0.25, -0.2) is 18.7 Å². The summed E-state index contributed by atoms with van der Waals surface area (Å²) >= 11 is 0. The molecule has 1 aromatic heterocycles. The highest BCUT2D eigenvalue weighted by Crippen LogP contribution is 2.34. The van der Waals surface area contributed by atoms with E-state index in [1.165, 1.54) is 25.4 Å². The first-order valence-corrected chi connectivity index (χ1v) is 13.6. The quantitative estimate of drug-likeness (QED) is 0.368. The van der Waals surface area contributed by atoms with Crippen LogP contribution in [0.3, 0.4) is 0 Å². The van der Waals surface area contributed by atoms with Crippen molar-refractivity contribution in [1.82, 2.24) is 19.9 Å². The minimum absolute atomic E-state index is 0.000531. The summed E-state index contributed by atoms with van der Waals surface area (Å²) in [5.41, 5.74) is 2.39. The minimum atomic E-state index is -3.37. The Bertz CT molecular complexity index is 1430. The van der Waals surface area contributed by atoms with Crippen molar-refractivity contribution in [2.75, 3.05) is 56.7 Å². The van der Waals surface area contributed by atoms with Gasteiger partial charge in [0.1, 0.15) is 24.3 Å². The van der Waals surface area contributed by atoms with E-state index in [2.05, 4.69) is 25.2 Å². The Balaban J connectivity index is 0.00000207. The number of ether oxygens (including phenoxy) is 2. The molecule has 3 heterocycles. The van der Waals surface area contributed by atoms with Gasteiger partial charge in [-0.05, 0) is 49.4 Å². The molecule has 0 saturated carbocycles. The molecule has 0 bridgehead atoms. The van der Waals surface area contributed by atoms with Crippen molar-refractivity contribution < 1.29 is 33.3 Å². The molecule has 2 atom stereocenters. The Morgan fingerprint density at radius 3 is 2.53 bits per heavy atom. The molecule has 43 heavy (non-hydrogen) atoms. The van der Waals surface area contributed by atoms with Crippen LogP contribution in [0.5, 0.6) is 5.75 Å². The highest BCUT2D eigenvalue weighted by atomic mass is 19.3. The van der Waals surface area contributed by atoms with Crippen molar-refractivity contribution in [2.24, 2.45) is 0 Å². The van der Waals surface area contributed by atoms with Crippen molar-refractivity contribution in [3.8, 4) is 23.2 Å². The Morgan fingerprint density at radius 1 is 1.16 bits per heavy atom. The van der Waals surface area contributed by atoms with Crippen LogP contribution in [0.4, 0.5) is 26.1 Å². The summed E-state index contributed by atoms with van der Waals surface area (Å²) in [4.78, 5) is 27.9. The van der Waals surface area contributed by atoms with E-state index in [-0.39, 0.29) is 30.1 Å². The lowest BCUT2D eigenvalue weighted by molar-refractivity contribution is -0.165. The fourth-order valence-corrected chi connectivity index (χ4v) is 4.73. The number of halogens is 2. The molecule has 0 spiro atoms. The van der Waals surface area contributed by atoms with Gasteiger partial charge in [0.25, 0.3) is 5.91 Å². The lowest BCUT2D eigenvalue weighted by Gasteiger charge is -2.38. The van der Waals surface area contributed by atoms with Crippen LogP contribution in [-0.4, -0.2) is 101 Å². The second-order valence-corrected chi connectivity index (χ2v) is 9.82. The summed E-state index contributed by atoms with van der Waals surface area (Å²) in [6.45, 7) is 3.44. The Hall–Kier alpha value is -4.45. The number of hydrogen-bond donors (Lipinski definition) is 3. The number of benzene rings is 2. The number of piperidine rings is 1. The monoisotopic (exact) mass is 597 g/mol. The average molecular weight is 598 g/mol. The van der Waals surface area contributed by atoms with Gasteiger partial charge in [0.2, 0.25) is 5.95 Å². The van der Waals surface area contributed by atoms with E-state index in [0.29, 0.717) is 24.7 Å². The second-order valence-electron chi connectivity index (χ2n) is 9.82. The van der Waals surface area contributed by atoms with Crippen LogP contribution in [-0.2, 0) is 9.53 Å². The number of nitrogens with one attached hydrogen (secondary N) is 1. The highest BCUT2D eigenvalue weighted by Gasteiger charge is 2.48. The number of morpholine rings is 1. The van der Waals surface area contributed by atoms with Crippen LogP contribution >= 0.6 is 0 Å². The summed E-state index contributed by atoms with van der Waals surface area (Å²) in [5, 5.41) is 29.3. The van der Waals surface area contributed by atoms with Gasteiger partial charge in [-0.2, -0.15) is 10.2 Å². The first-order chi connectivity index (χ1) is 20.7. The molecule has 2 aliphatic rings. The average Bonchev–Trinajstić information content (AvgIpc) is 3.03. The van der Waals surface area contributed by atoms with Crippen LogP contribution in [0.25, 0.3) is 11.4 Å². The number of aromatic nitrogens is 3. The van der Waals surface area contributed by atoms with Crippen molar-refractivity contribution in [2.45, 2.75) is 31.5 Å². The van der Waals surface area contributed by atoms with Crippen LogP contribution in [0, 0.1) is 11.3 Å². The van der Waals surface area contributed by atoms with Crippen LogP contribution in [0.1, 0.15) is 18.9 Å². The Morgan fingerprint density at radius 2 is 1.88 bits per heavy atom. The maximum Gasteiger partial charge on any atom is 0.301 e. The number of likely N-dealkylation sites (tertiary alicyclic amines) is 1. The third-order valence-electron chi connectivity index (χ3n) is 6.90. The number of alkyl halides is 2. The molecule has 5 rings (SSSR count). The third-order valence-corrected chi connectivity index (χ3v) is 6.90. The van der Waals surface area contributed by atoms with Gasteiger partial charge in [0.15, 0.2) is 11.9 Å². The molecule has 2 aliphatic heterocycles. The molecular formula is C29H33F2N7O5. The first kappa shape index (κ1) is 31.5. The standard InChI is InChI=1S/C28H29F2N7O4.CH4O/c1-18(38)26(39)37-9-8-24(28(29,30)16-37)41-23-7-2-19(14-20(23)15-31)25-32-17-33-27(35-25)34-21-3-5-22(6-4-21)36-10-12-40-13-11-36;1-2/h2-7,14,17-18,24,38H,8-13,16H2,1H3,(H,32,33,34,35);2H,1H3/t18-,24?;/m0./s1. The zero-order chi connectivity index (χ0) is 31.0. The zero-order valence-corrected chi connectivity index (χ0v) is 23.8. The molecule has 2 saturated heterocycles. The fraction of sp³-hybridized carbons (Fsp3) is 0.414. The van der Waals surface area contributed by atoms with Gasteiger partial charge >= 0.3 is 5.92 Å². The Kier molecular flexibility index (Phi) is 10.4. The van der Waals surface area contributed by atoms with E-state index in [9.17, 15) is 23.9 Å². The fourth-order valence-electron chi connectivity index (χ4n) is 4.73. The van der Waals surface area contributed by atoms with Gasteiger partial charge < -0.3 is 34.8 Å². The van der Waals surface area contributed by atoms with Crippen molar-refractivity contribution >= 4 is 23.2 Å². The second kappa shape index (κ2) is 14.1. The van der Waals surface area contributed by atoms with Gasteiger partial charge in [-0.15, -0.1) is 0 Å². The van der Waals surface area contributed by atoms with Crippen LogP contribution in [0.15, 0.2) is 48.8 Å². The summed E-state index contributed by atoms with van der Waals surface area (Å²) in [6.07, 6.45) is -1.73. The van der Waals surface area contributed by atoms with Crippen molar-refractivity contribution in [3.63, 3.8) is 0 Å². The van der Waals surface area contributed by atoms with Gasteiger partial charge in [0.05, 0.1) is 25.3 Å². The lowest BCUT2D eigenvalue weighted by Crippen LogP contribution is -2.56. The number of aliphatic hydroxyl groups excluding tert-OH is 2. The van der Waals surface area contributed by atoms with E-state index in [0.717, 1.165) is 36.5 Å². The molecule has 3 N–H and O–H groups in total. The SMILES string of the molecule is CO.C[C@H](O)C(=O)N1CCC(Oc2ccc(-c3ncnc(Nc4ccc(N5CCOCC5)cc4)n3)cc2C#N)C(F)(F)C1. The van der Waals surface area contributed by atoms with E-state index in [4.69, 9.17) is 14.6 Å². The zero-order valence-electron chi connectivity index (χ0n) is 23.8. The minimum Gasteiger partial charge on any atom is -0.483 e. The first-order valence-electron chi connectivity index (χ1n) is 13.6. The molecule has 0 aliphatic carbocycles. The smallest absolute Gasteiger partial charge is 0.301 e. The van der Waals surface area contributed by atoms with E-state index in [1.807, 2.05) is 30.3 Å². The molecule has 2 fully saturated rings. The number of anilines is 3. The predicted molar refractivity (Wildman–Crippen MR) is 153 cm³/mol. The summed E-state index contributed by atoms with van der Waals surface area (Å²) in [6, 6.07) is 14.3. The number of hydrogen-bond acceptors (Lipinski definition) is 11. The summed E-state index contributed by atoms with van der Waals surface area (Å²) in [7, 11) is 1.00. The molecule has 12 nitrogen and oxygen atoms in total. The highest BCUT2D eigenvalue weighted by molar-refractivity contribution is 5.80. The summed E-state index contributed by atoms with van der Waals surface area (Å²) < 4.78 is 40.6. The lowest BCUT2D eigenvalue weighted by atomic mass is 10.0. The molecular weight excluding hydrogens is 564 g/mol. The molecule has 1 unspecified atom stereocenters. The van der Waals surface area contributed by atoms with Gasteiger partial charge in [-0.1, -0.05) is 0 Å². The molecule has 0 radical (unpaired) electrons. The summed E-state index contributed by atoms with van der Waals surface area (Å²) in [5.74, 6) is -3.56. The molecule has 2 aromatic carbocycles. The predicted octanol–water partition coefficient (Wildman–Crippen LogP) is 2.59. The molecule has 3 aromatic rings. The number of rotatable bonds is 7. The number of nitriles is 1. The van der Waals surface area contributed by atoms with Crippen molar-refractivity contribution in [1.29, 1.82) is 5.26 Å². The number of aliphatic hydroxyl groups is 2. The number of amides is 1. The maximum absolute atomic E-state index is 14.8. The van der Waals surface area contributed by atoms with E-state index < -0.39 is 30.6 Å². The molecule has 14 heteroatoms. The van der Waals surface area contributed by atoms with E-state index in [1.54, 1.807) is 6.07 Å². The van der Waals surface area contributed by atoms with Gasteiger partial charge in [-0.3, -0.25) is 4.79 Å².